The number of benzene rings is 4. The second-order valence-electron chi connectivity index (χ2n) is 8.17. The Hall–Kier alpha value is -2.99. The first-order valence-electron chi connectivity index (χ1n) is 10.5. The van der Waals surface area contributed by atoms with Crippen LogP contribution in [-0.4, -0.2) is 16.8 Å². The number of anilines is 1. The van der Waals surface area contributed by atoms with Gasteiger partial charge >= 0.3 is 0 Å². The fourth-order valence-electron chi connectivity index (χ4n) is 4.42. The minimum absolute atomic E-state index is 0.259. The van der Waals surface area contributed by atoms with Gasteiger partial charge in [0, 0.05) is 20.6 Å². The first kappa shape index (κ1) is 21.8. The van der Waals surface area contributed by atoms with Gasteiger partial charge in [-0.25, -0.2) is 0 Å². The molecule has 0 bridgehead atoms. The molecule has 1 N–H and O–H groups in total. The first-order valence-corrected chi connectivity index (χ1v) is 11.6. The number of Topliss-reactive ketones (excluding diaryl/α,β-unsaturated/α-hetero) is 1. The highest BCUT2D eigenvalue weighted by atomic mass is 79.9. The summed E-state index contributed by atoms with van der Waals surface area (Å²) in [7, 11) is 0. The molecule has 4 nitrogen and oxygen atoms in total. The second kappa shape index (κ2) is 8.41. The number of rotatable bonds is 5. The number of nitrogens with zero attached hydrogens (tertiary/aromatic N) is 1. The van der Waals surface area contributed by atoms with Gasteiger partial charge in [-0.3, -0.25) is 9.59 Å². The Bertz CT molecular complexity index is 1400. The quantitative estimate of drug-likeness (QED) is 0.316. The predicted molar refractivity (Wildman–Crippen MR) is 134 cm³/mol. The average molecular weight is 521 g/mol. The predicted octanol–water partition coefficient (Wildman–Crippen LogP) is 6.26. The maximum absolute atomic E-state index is 13.6. The average Bonchev–Trinajstić information content (AvgIpc) is 3.01. The maximum Gasteiger partial charge on any atom is 0.264 e. The molecule has 164 valence electrons. The summed E-state index contributed by atoms with van der Waals surface area (Å²) in [5.74, 6) is -0.805. The lowest BCUT2D eigenvalue weighted by atomic mass is 9.87. The van der Waals surface area contributed by atoms with E-state index in [-0.39, 0.29) is 18.7 Å². The third-order valence-corrected chi connectivity index (χ3v) is 6.80. The number of carbonyl (C=O) groups excluding carboxylic acids is 2. The Morgan fingerprint density at radius 1 is 0.970 bits per heavy atom. The van der Waals surface area contributed by atoms with E-state index in [0.29, 0.717) is 21.8 Å². The number of aliphatic hydroxyl groups is 1. The van der Waals surface area contributed by atoms with Gasteiger partial charge < -0.3 is 10.0 Å². The van der Waals surface area contributed by atoms with Crippen LogP contribution in [0.1, 0.15) is 27.9 Å². The number of halogens is 2. The lowest BCUT2D eigenvalue weighted by Gasteiger charge is -2.23. The van der Waals surface area contributed by atoms with Crippen LogP contribution >= 0.6 is 27.5 Å². The van der Waals surface area contributed by atoms with E-state index in [1.54, 1.807) is 30.3 Å². The number of fused-ring (bicyclic) bond motifs is 2. The van der Waals surface area contributed by atoms with Gasteiger partial charge in [0.05, 0.1) is 18.7 Å². The zero-order valence-corrected chi connectivity index (χ0v) is 19.8. The van der Waals surface area contributed by atoms with Crippen molar-refractivity contribution in [2.45, 2.75) is 18.6 Å². The summed E-state index contributed by atoms with van der Waals surface area (Å²) in [6.07, 6.45) is -0.347. The Morgan fingerprint density at radius 2 is 1.70 bits per heavy atom. The number of hydrogen-bond donors (Lipinski definition) is 1. The molecule has 1 amide bonds. The summed E-state index contributed by atoms with van der Waals surface area (Å²) in [5, 5.41) is 14.0. The number of carbonyl (C=O) groups is 2. The smallest absolute Gasteiger partial charge is 0.264 e. The molecule has 33 heavy (non-hydrogen) atoms. The van der Waals surface area contributed by atoms with Crippen molar-refractivity contribution < 1.29 is 14.7 Å². The molecule has 0 aliphatic carbocycles. The molecule has 0 spiro atoms. The molecule has 1 unspecified atom stereocenters. The van der Waals surface area contributed by atoms with Crippen LogP contribution in [0.4, 0.5) is 5.69 Å². The summed E-state index contributed by atoms with van der Waals surface area (Å²) in [5.41, 5.74) is 0.406. The van der Waals surface area contributed by atoms with Gasteiger partial charge in [0.1, 0.15) is 0 Å². The lowest BCUT2D eigenvalue weighted by Crippen LogP contribution is -2.41. The number of amides is 1. The van der Waals surface area contributed by atoms with Gasteiger partial charge in [0.2, 0.25) is 0 Å². The Kier molecular flexibility index (Phi) is 5.57. The molecule has 0 saturated heterocycles. The van der Waals surface area contributed by atoms with Crippen molar-refractivity contribution in [1.29, 1.82) is 0 Å². The zero-order chi connectivity index (χ0) is 23.2. The van der Waals surface area contributed by atoms with Crippen molar-refractivity contribution >= 4 is 55.7 Å². The van der Waals surface area contributed by atoms with Gasteiger partial charge in [-0.1, -0.05) is 82.1 Å². The molecule has 1 aliphatic heterocycles. The summed E-state index contributed by atoms with van der Waals surface area (Å²) >= 11 is 9.43. The fourth-order valence-corrected chi connectivity index (χ4v) is 4.91. The van der Waals surface area contributed by atoms with E-state index in [1.807, 2.05) is 54.6 Å². The molecule has 5 rings (SSSR count). The molecule has 4 aromatic carbocycles. The summed E-state index contributed by atoms with van der Waals surface area (Å²) in [4.78, 5) is 28.5. The van der Waals surface area contributed by atoms with E-state index in [1.165, 1.54) is 4.90 Å². The van der Waals surface area contributed by atoms with E-state index >= 15 is 0 Å². The van der Waals surface area contributed by atoms with Crippen molar-refractivity contribution in [3.63, 3.8) is 0 Å². The van der Waals surface area contributed by atoms with E-state index in [0.717, 1.165) is 20.8 Å². The molecule has 1 heterocycles. The molecule has 0 radical (unpaired) electrons. The van der Waals surface area contributed by atoms with Crippen molar-refractivity contribution in [3.8, 4) is 0 Å². The number of ketones is 1. The van der Waals surface area contributed by atoms with Gasteiger partial charge in [-0.05, 0) is 46.7 Å². The van der Waals surface area contributed by atoms with E-state index in [4.69, 9.17) is 11.6 Å². The van der Waals surface area contributed by atoms with Crippen LogP contribution < -0.4 is 4.90 Å². The Labute approximate surface area is 204 Å². The van der Waals surface area contributed by atoms with Crippen molar-refractivity contribution in [2.75, 3.05) is 4.90 Å². The minimum Gasteiger partial charge on any atom is -0.375 e. The van der Waals surface area contributed by atoms with Crippen LogP contribution in [0.3, 0.4) is 0 Å². The SMILES string of the molecule is O=C(CC1(O)C(=O)N(Cc2ccc(Cl)cc2)c2ccc(Br)cc21)c1cccc2ccccc12. The van der Waals surface area contributed by atoms with Crippen LogP contribution in [0.5, 0.6) is 0 Å². The third-order valence-electron chi connectivity index (χ3n) is 6.05. The summed E-state index contributed by atoms with van der Waals surface area (Å²) in [6.45, 7) is 0.259. The molecule has 0 fully saturated rings. The zero-order valence-electron chi connectivity index (χ0n) is 17.5. The molecule has 1 aliphatic rings. The van der Waals surface area contributed by atoms with Gasteiger partial charge in [-0.2, -0.15) is 0 Å². The van der Waals surface area contributed by atoms with Crippen LogP contribution in [0.25, 0.3) is 10.8 Å². The lowest BCUT2D eigenvalue weighted by molar-refractivity contribution is -0.136. The molecule has 1 atom stereocenters. The highest BCUT2D eigenvalue weighted by Crippen LogP contribution is 2.45. The van der Waals surface area contributed by atoms with Gasteiger partial charge in [0.25, 0.3) is 5.91 Å². The fraction of sp³-hybridized carbons (Fsp3) is 0.111. The minimum atomic E-state index is -1.96. The molecule has 6 heteroatoms. The topological polar surface area (TPSA) is 57.6 Å². The highest BCUT2D eigenvalue weighted by Gasteiger charge is 2.51. The Morgan fingerprint density at radius 3 is 2.48 bits per heavy atom. The molecule has 0 saturated carbocycles. The molecule has 4 aromatic rings. The van der Waals surface area contributed by atoms with E-state index in [9.17, 15) is 14.7 Å². The summed E-state index contributed by atoms with van der Waals surface area (Å²) in [6, 6.07) is 25.6. The Balaban J connectivity index is 1.53. The third kappa shape index (κ3) is 3.86. The number of hydrogen-bond acceptors (Lipinski definition) is 3. The van der Waals surface area contributed by atoms with Crippen molar-refractivity contribution in [3.05, 3.63) is 111 Å². The van der Waals surface area contributed by atoms with Gasteiger partial charge in [0.15, 0.2) is 11.4 Å². The second-order valence-corrected chi connectivity index (χ2v) is 9.52. The standard InChI is InChI=1S/C27H19BrClNO3/c28-19-10-13-24-23(14-19)27(33,26(32)30(24)16-17-8-11-20(29)12-9-17)15-25(31)22-7-3-5-18-4-1-2-6-21(18)22/h1-14,33H,15-16H2. The molecule has 0 aromatic heterocycles. The van der Waals surface area contributed by atoms with Gasteiger partial charge in [-0.15, -0.1) is 0 Å². The van der Waals surface area contributed by atoms with Crippen LogP contribution in [0, 0.1) is 0 Å². The summed E-state index contributed by atoms with van der Waals surface area (Å²) < 4.78 is 0.721. The van der Waals surface area contributed by atoms with Crippen molar-refractivity contribution in [2.24, 2.45) is 0 Å². The highest BCUT2D eigenvalue weighted by molar-refractivity contribution is 9.10. The monoisotopic (exact) mass is 519 g/mol. The maximum atomic E-state index is 13.6. The van der Waals surface area contributed by atoms with Crippen LogP contribution in [0.2, 0.25) is 5.02 Å². The van der Waals surface area contributed by atoms with Crippen molar-refractivity contribution in [1.82, 2.24) is 0 Å². The van der Waals surface area contributed by atoms with Crippen LogP contribution in [0.15, 0.2) is 89.4 Å². The molecular formula is C27H19BrClNO3. The molecular weight excluding hydrogens is 502 g/mol. The van der Waals surface area contributed by atoms with E-state index < -0.39 is 11.5 Å². The van der Waals surface area contributed by atoms with E-state index in [2.05, 4.69) is 15.9 Å². The normalized spacial score (nSPS) is 17.4. The first-order chi connectivity index (χ1) is 15.9. The van der Waals surface area contributed by atoms with Crippen LogP contribution in [-0.2, 0) is 16.9 Å². The largest absolute Gasteiger partial charge is 0.375 e.